The van der Waals surface area contributed by atoms with Crippen molar-refractivity contribution in [1.29, 1.82) is 0 Å². The van der Waals surface area contributed by atoms with E-state index in [4.69, 9.17) is 14.2 Å². The van der Waals surface area contributed by atoms with E-state index in [-0.39, 0.29) is 18.0 Å². The normalized spacial score (nSPS) is 16.1. The summed E-state index contributed by atoms with van der Waals surface area (Å²) in [5, 5.41) is 0. The SMILES string of the molecule is CC(C)(C)c1ccc(OCC(=O)OCCN2CCOCC2)cc1. The summed E-state index contributed by atoms with van der Waals surface area (Å²) in [7, 11) is 0. The van der Waals surface area contributed by atoms with Crippen LogP contribution in [0.5, 0.6) is 5.75 Å². The Bertz CT molecular complexity index is 487. The largest absolute Gasteiger partial charge is 0.482 e. The number of rotatable bonds is 6. The first-order chi connectivity index (χ1) is 10.9. The summed E-state index contributed by atoms with van der Waals surface area (Å²) >= 11 is 0. The zero-order valence-electron chi connectivity index (χ0n) is 14.3. The first kappa shape index (κ1) is 17.8. The number of carbonyl (C=O) groups excluding carboxylic acids is 1. The van der Waals surface area contributed by atoms with Gasteiger partial charge in [-0.2, -0.15) is 0 Å². The lowest BCUT2D eigenvalue weighted by molar-refractivity contribution is -0.146. The smallest absolute Gasteiger partial charge is 0.344 e. The van der Waals surface area contributed by atoms with Gasteiger partial charge in [0.2, 0.25) is 0 Å². The molecule has 0 aromatic heterocycles. The summed E-state index contributed by atoms with van der Waals surface area (Å²) in [6, 6.07) is 7.83. The summed E-state index contributed by atoms with van der Waals surface area (Å²) in [6.07, 6.45) is 0. The zero-order chi connectivity index (χ0) is 16.7. The summed E-state index contributed by atoms with van der Waals surface area (Å²) in [5.41, 5.74) is 1.34. The van der Waals surface area contributed by atoms with Crippen LogP contribution in [0, 0.1) is 0 Å². The lowest BCUT2D eigenvalue weighted by Crippen LogP contribution is -2.38. The maximum Gasteiger partial charge on any atom is 0.344 e. The molecule has 1 heterocycles. The Morgan fingerprint density at radius 2 is 1.83 bits per heavy atom. The number of nitrogens with zero attached hydrogens (tertiary/aromatic N) is 1. The molecular formula is C18H27NO4. The third-order valence-electron chi connectivity index (χ3n) is 3.85. The first-order valence-corrected chi connectivity index (χ1v) is 8.14. The van der Waals surface area contributed by atoms with E-state index in [2.05, 4.69) is 25.7 Å². The van der Waals surface area contributed by atoms with Crippen LogP contribution < -0.4 is 4.74 Å². The molecule has 0 N–H and O–H groups in total. The number of morpholine rings is 1. The summed E-state index contributed by atoms with van der Waals surface area (Å²) in [4.78, 5) is 13.9. The van der Waals surface area contributed by atoms with Gasteiger partial charge < -0.3 is 14.2 Å². The first-order valence-electron chi connectivity index (χ1n) is 8.14. The number of ether oxygens (including phenoxy) is 3. The molecule has 1 aliphatic rings. The quantitative estimate of drug-likeness (QED) is 0.752. The second kappa shape index (κ2) is 8.31. The van der Waals surface area contributed by atoms with Crippen LogP contribution in [0.1, 0.15) is 26.3 Å². The molecule has 23 heavy (non-hydrogen) atoms. The minimum Gasteiger partial charge on any atom is -0.482 e. The van der Waals surface area contributed by atoms with E-state index in [0.29, 0.717) is 12.4 Å². The van der Waals surface area contributed by atoms with Crippen LogP contribution in [0.15, 0.2) is 24.3 Å². The summed E-state index contributed by atoms with van der Waals surface area (Å²) in [6.45, 7) is 10.9. The molecule has 0 spiro atoms. The van der Waals surface area contributed by atoms with Crippen LogP contribution in [0.25, 0.3) is 0 Å². The lowest BCUT2D eigenvalue weighted by Gasteiger charge is -2.26. The molecule has 0 bridgehead atoms. The highest BCUT2D eigenvalue weighted by molar-refractivity contribution is 5.71. The van der Waals surface area contributed by atoms with Crippen LogP contribution in [-0.4, -0.2) is 56.9 Å². The van der Waals surface area contributed by atoms with Crippen LogP contribution >= 0.6 is 0 Å². The molecular weight excluding hydrogens is 294 g/mol. The van der Waals surface area contributed by atoms with Crippen LogP contribution in [0.2, 0.25) is 0 Å². The topological polar surface area (TPSA) is 48.0 Å². The average molecular weight is 321 g/mol. The van der Waals surface area contributed by atoms with Gasteiger partial charge in [-0.1, -0.05) is 32.9 Å². The molecule has 1 aliphatic heterocycles. The maximum atomic E-state index is 11.7. The second-order valence-electron chi connectivity index (χ2n) is 6.74. The predicted octanol–water partition coefficient (Wildman–Crippen LogP) is 2.24. The number of esters is 1. The van der Waals surface area contributed by atoms with E-state index < -0.39 is 0 Å². The Morgan fingerprint density at radius 1 is 1.17 bits per heavy atom. The van der Waals surface area contributed by atoms with E-state index >= 15 is 0 Å². The number of benzene rings is 1. The van der Waals surface area contributed by atoms with Crippen LogP contribution in [0.3, 0.4) is 0 Å². The monoisotopic (exact) mass is 321 g/mol. The fourth-order valence-electron chi connectivity index (χ4n) is 2.35. The Kier molecular flexibility index (Phi) is 6.42. The zero-order valence-corrected chi connectivity index (χ0v) is 14.3. The molecule has 0 unspecified atom stereocenters. The molecule has 2 rings (SSSR count). The van der Waals surface area contributed by atoms with Gasteiger partial charge in [0.05, 0.1) is 13.2 Å². The van der Waals surface area contributed by atoms with Crippen molar-refractivity contribution >= 4 is 5.97 Å². The van der Waals surface area contributed by atoms with Crippen molar-refractivity contribution in [2.45, 2.75) is 26.2 Å². The van der Waals surface area contributed by atoms with E-state index in [0.717, 1.165) is 32.8 Å². The molecule has 1 aromatic carbocycles. The van der Waals surface area contributed by atoms with Crippen molar-refractivity contribution < 1.29 is 19.0 Å². The van der Waals surface area contributed by atoms with Crippen molar-refractivity contribution in [3.05, 3.63) is 29.8 Å². The summed E-state index contributed by atoms with van der Waals surface area (Å²) in [5.74, 6) is 0.348. The van der Waals surface area contributed by atoms with Crippen molar-refractivity contribution in [3.8, 4) is 5.75 Å². The Hall–Kier alpha value is -1.59. The molecule has 0 aliphatic carbocycles. The third-order valence-corrected chi connectivity index (χ3v) is 3.85. The predicted molar refractivity (Wildman–Crippen MR) is 88.9 cm³/mol. The molecule has 128 valence electrons. The van der Waals surface area contributed by atoms with Crippen molar-refractivity contribution in [3.63, 3.8) is 0 Å². The van der Waals surface area contributed by atoms with Crippen molar-refractivity contribution in [1.82, 2.24) is 4.90 Å². The van der Waals surface area contributed by atoms with Gasteiger partial charge >= 0.3 is 5.97 Å². The van der Waals surface area contributed by atoms with Gasteiger partial charge in [0.15, 0.2) is 6.61 Å². The number of carbonyl (C=O) groups is 1. The van der Waals surface area contributed by atoms with Crippen LogP contribution in [-0.2, 0) is 19.7 Å². The van der Waals surface area contributed by atoms with Gasteiger partial charge in [-0.3, -0.25) is 4.90 Å². The molecule has 5 nitrogen and oxygen atoms in total. The maximum absolute atomic E-state index is 11.7. The highest BCUT2D eigenvalue weighted by Gasteiger charge is 2.14. The van der Waals surface area contributed by atoms with Gasteiger partial charge in [0.1, 0.15) is 12.4 Å². The molecule has 1 saturated heterocycles. The van der Waals surface area contributed by atoms with Gasteiger partial charge in [-0.25, -0.2) is 4.79 Å². The molecule has 0 amide bonds. The highest BCUT2D eigenvalue weighted by Crippen LogP contribution is 2.24. The average Bonchev–Trinajstić information content (AvgIpc) is 2.53. The lowest BCUT2D eigenvalue weighted by atomic mass is 9.87. The number of hydrogen-bond donors (Lipinski definition) is 0. The van der Waals surface area contributed by atoms with E-state index in [1.807, 2.05) is 24.3 Å². The molecule has 1 aromatic rings. The van der Waals surface area contributed by atoms with Crippen molar-refractivity contribution in [2.24, 2.45) is 0 Å². The van der Waals surface area contributed by atoms with E-state index in [1.54, 1.807) is 0 Å². The molecule has 0 radical (unpaired) electrons. The fraction of sp³-hybridized carbons (Fsp3) is 0.611. The Morgan fingerprint density at radius 3 is 2.43 bits per heavy atom. The van der Waals surface area contributed by atoms with Gasteiger partial charge in [-0.05, 0) is 23.1 Å². The third kappa shape index (κ3) is 6.20. The fourth-order valence-corrected chi connectivity index (χ4v) is 2.35. The van der Waals surface area contributed by atoms with Gasteiger partial charge in [0, 0.05) is 19.6 Å². The van der Waals surface area contributed by atoms with Gasteiger partial charge in [0.25, 0.3) is 0 Å². The van der Waals surface area contributed by atoms with Gasteiger partial charge in [-0.15, -0.1) is 0 Å². The second-order valence-corrected chi connectivity index (χ2v) is 6.74. The molecule has 0 saturated carbocycles. The number of hydrogen-bond acceptors (Lipinski definition) is 5. The minimum absolute atomic E-state index is 0.0576. The van der Waals surface area contributed by atoms with E-state index in [9.17, 15) is 4.79 Å². The molecule has 0 atom stereocenters. The summed E-state index contributed by atoms with van der Waals surface area (Å²) < 4.78 is 15.9. The molecule has 1 fully saturated rings. The highest BCUT2D eigenvalue weighted by atomic mass is 16.6. The van der Waals surface area contributed by atoms with E-state index in [1.165, 1.54) is 5.56 Å². The molecule has 5 heteroatoms. The standard InChI is InChI=1S/C18H27NO4/c1-18(2,3)15-4-6-16(7-5-15)23-14-17(20)22-13-10-19-8-11-21-12-9-19/h4-7H,8-14H2,1-3H3. The Labute approximate surface area is 138 Å². The minimum atomic E-state index is -0.335. The van der Waals surface area contributed by atoms with Crippen molar-refractivity contribution in [2.75, 3.05) is 46.1 Å². The Balaban J connectivity index is 1.65. The van der Waals surface area contributed by atoms with Crippen LogP contribution in [0.4, 0.5) is 0 Å².